The molecule has 0 aromatic heterocycles. The number of allylic oxidation sites excluding steroid dienone is 1. The van der Waals surface area contributed by atoms with E-state index in [-0.39, 0.29) is 13.2 Å². The summed E-state index contributed by atoms with van der Waals surface area (Å²) in [6, 6.07) is 2.13. The van der Waals surface area contributed by atoms with Gasteiger partial charge in [-0.25, -0.2) is 0 Å². The summed E-state index contributed by atoms with van der Waals surface area (Å²) in [7, 11) is -3.38. The molecule has 0 aromatic rings. The molecule has 0 saturated heterocycles. The van der Waals surface area contributed by atoms with E-state index in [1.165, 1.54) is 11.8 Å². The third kappa shape index (κ3) is 2.52. The molecule has 1 atom stereocenters. The lowest BCUT2D eigenvalue weighted by atomic mass is 10.3. The van der Waals surface area contributed by atoms with Crippen molar-refractivity contribution in [3.8, 4) is 6.07 Å². The molecule has 6 heteroatoms. The molecule has 0 aliphatic carbocycles. The molecule has 1 aliphatic heterocycles. The highest BCUT2D eigenvalue weighted by Gasteiger charge is 2.52. The highest BCUT2D eigenvalue weighted by molar-refractivity contribution is 8.07. The van der Waals surface area contributed by atoms with Crippen LogP contribution >= 0.6 is 19.4 Å². The number of nitrogens with zero attached hydrogens (tertiary/aromatic N) is 1. The van der Waals surface area contributed by atoms with Crippen LogP contribution < -0.4 is 0 Å². The number of hydrogen-bond acceptors (Lipinski definition) is 5. The van der Waals surface area contributed by atoms with E-state index >= 15 is 0 Å². The molecule has 0 saturated carbocycles. The summed E-state index contributed by atoms with van der Waals surface area (Å²) in [5, 5.41) is 9.29. The van der Waals surface area contributed by atoms with E-state index in [2.05, 4.69) is 6.07 Å². The third-order valence-electron chi connectivity index (χ3n) is 2.19. The summed E-state index contributed by atoms with van der Waals surface area (Å²) >= 11 is 1.34. The molecule has 1 aliphatic rings. The molecule has 0 fully saturated rings. The zero-order valence-corrected chi connectivity index (χ0v) is 11.2. The molecule has 0 amide bonds. The molecular weight excluding hydrogens is 245 g/mol. The fourth-order valence-corrected chi connectivity index (χ4v) is 5.05. The van der Waals surface area contributed by atoms with Crippen molar-refractivity contribution < 1.29 is 13.6 Å². The second-order valence-corrected chi connectivity index (χ2v) is 7.11. The van der Waals surface area contributed by atoms with Gasteiger partial charge in [0.25, 0.3) is 0 Å². The van der Waals surface area contributed by atoms with Gasteiger partial charge in [-0.15, -0.1) is 11.8 Å². The molecule has 0 spiro atoms. The highest BCUT2D eigenvalue weighted by Crippen LogP contribution is 2.66. The summed E-state index contributed by atoms with van der Waals surface area (Å²) in [5.41, 5.74) is 0. The van der Waals surface area contributed by atoms with Crippen molar-refractivity contribution >= 4 is 19.4 Å². The second-order valence-electron chi connectivity index (χ2n) is 3.22. The third-order valence-corrected chi connectivity index (χ3v) is 6.71. The first kappa shape index (κ1) is 13.8. The molecule has 16 heavy (non-hydrogen) atoms. The minimum absolute atomic E-state index is 0.283. The normalized spacial score (nSPS) is 25.3. The zero-order chi connectivity index (χ0) is 12.1. The lowest BCUT2D eigenvalue weighted by molar-refractivity contribution is 0.213. The van der Waals surface area contributed by atoms with Crippen LogP contribution in [0.3, 0.4) is 0 Å². The number of thioether (sulfide) groups is 1. The van der Waals surface area contributed by atoms with E-state index in [0.717, 1.165) is 0 Å². The molecule has 1 unspecified atom stereocenters. The monoisotopic (exact) mass is 261 g/mol. The highest BCUT2D eigenvalue weighted by atomic mass is 32.2. The van der Waals surface area contributed by atoms with Gasteiger partial charge in [-0.2, -0.15) is 5.26 Å². The summed E-state index contributed by atoms with van der Waals surface area (Å²) in [6.45, 7) is 4.07. The average Bonchev–Trinajstić information content (AvgIpc) is 2.30. The molecule has 1 rings (SSSR count). The molecule has 0 N–H and O–H groups in total. The lowest BCUT2D eigenvalue weighted by Crippen LogP contribution is -2.27. The van der Waals surface area contributed by atoms with Gasteiger partial charge in [0, 0.05) is 12.2 Å². The molecule has 90 valence electrons. The Balaban J connectivity index is 3.03. The lowest BCUT2D eigenvalue weighted by Gasteiger charge is -2.33. The predicted octanol–water partition coefficient (Wildman–Crippen LogP) is 3.17. The SMILES string of the molecule is CCOP(=O)(OCC)C1(C#N)CC=CCS1. The Hall–Kier alpha value is -0.270. The zero-order valence-electron chi connectivity index (χ0n) is 9.51. The summed E-state index contributed by atoms with van der Waals surface area (Å²) < 4.78 is 22.0. The van der Waals surface area contributed by atoms with Crippen molar-refractivity contribution in [3.05, 3.63) is 12.2 Å². The van der Waals surface area contributed by atoms with E-state index in [1.54, 1.807) is 13.8 Å². The van der Waals surface area contributed by atoms with Gasteiger partial charge in [0.15, 0.2) is 0 Å². The molecule has 1 heterocycles. The van der Waals surface area contributed by atoms with Gasteiger partial charge in [0.05, 0.1) is 19.3 Å². The first-order chi connectivity index (χ1) is 7.64. The Morgan fingerprint density at radius 1 is 1.44 bits per heavy atom. The number of hydrogen-bond donors (Lipinski definition) is 0. The van der Waals surface area contributed by atoms with Gasteiger partial charge in [-0.1, -0.05) is 12.2 Å². The Bertz CT molecular complexity index is 342. The molecule has 0 aromatic carbocycles. The van der Waals surface area contributed by atoms with Crippen LogP contribution in [0.2, 0.25) is 0 Å². The molecular formula is C10H16NO3PS. The van der Waals surface area contributed by atoms with Crippen molar-refractivity contribution in [2.24, 2.45) is 0 Å². The standard InChI is InChI=1S/C10H16NO3PS/c1-3-13-15(12,14-4-2)10(9-11)7-5-6-8-16-10/h5-6H,3-4,7-8H2,1-2H3. The van der Waals surface area contributed by atoms with Gasteiger partial charge in [-0.05, 0) is 13.8 Å². The average molecular weight is 261 g/mol. The van der Waals surface area contributed by atoms with Gasteiger partial charge in [-0.3, -0.25) is 4.57 Å². The van der Waals surface area contributed by atoms with Crippen LogP contribution in [0.15, 0.2) is 12.2 Å². The summed E-state index contributed by atoms with van der Waals surface area (Å²) in [6.07, 6.45) is 4.23. The van der Waals surface area contributed by atoms with E-state index in [0.29, 0.717) is 12.2 Å². The van der Waals surface area contributed by atoms with Crippen molar-refractivity contribution in [2.45, 2.75) is 24.8 Å². The topological polar surface area (TPSA) is 59.3 Å². The van der Waals surface area contributed by atoms with Gasteiger partial charge in [0.1, 0.15) is 0 Å². The van der Waals surface area contributed by atoms with E-state index < -0.39 is 12.1 Å². The van der Waals surface area contributed by atoms with Crippen molar-refractivity contribution in [1.82, 2.24) is 0 Å². The van der Waals surface area contributed by atoms with Gasteiger partial charge in [0.2, 0.25) is 4.49 Å². The fraction of sp³-hybridized carbons (Fsp3) is 0.700. The van der Waals surface area contributed by atoms with E-state index in [4.69, 9.17) is 9.05 Å². The Morgan fingerprint density at radius 2 is 2.06 bits per heavy atom. The maximum atomic E-state index is 12.6. The largest absolute Gasteiger partial charge is 0.361 e. The number of rotatable bonds is 5. The van der Waals surface area contributed by atoms with Crippen molar-refractivity contribution in [2.75, 3.05) is 19.0 Å². The molecule has 0 bridgehead atoms. The van der Waals surface area contributed by atoms with Crippen LogP contribution in [0.25, 0.3) is 0 Å². The fourth-order valence-electron chi connectivity index (χ4n) is 1.47. The first-order valence-electron chi connectivity index (χ1n) is 5.23. The van der Waals surface area contributed by atoms with Crippen LogP contribution in [0.4, 0.5) is 0 Å². The maximum Gasteiger partial charge on any atom is 0.361 e. The number of nitriles is 1. The second kappa shape index (κ2) is 5.88. The van der Waals surface area contributed by atoms with Crippen LogP contribution in [0.5, 0.6) is 0 Å². The first-order valence-corrected chi connectivity index (χ1v) is 7.76. The van der Waals surface area contributed by atoms with Crippen LogP contribution in [0.1, 0.15) is 20.3 Å². The van der Waals surface area contributed by atoms with E-state index in [9.17, 15) is 9.83 Å². The minimum Gasteiger partial charge on any atom is -0.307 e. The maximum absolute atomic E-state index is 12.6. The summed E-state index contributed by atoms with van der Waals surface area (Å²) in [5.74, 6) is 0.664. The predicted molar refractivity (Wildman–Crippen MR) is 65.4 cm³/mol. The Kier molecular flexibility index (Phi) is 5.07. The quantitative estimate of drug-likeness (QED) is 0.562. The Morgan fingerprint density at radius 3 is 2.44 bits per heavy atom. The van der Waals surface area contributed by atoms with Crippen LogP contribution in [0, 0.1) is 11.3 Å². The van der Waals surface area contributed by atoms with Crippen molar-refractivity contribution in [1.29, 1.82) is 5.26 Å². The van der Waals surface area contributed by atoms with Crippen LogP contribution in [-0.4, -0.2) is 23.5 Å². The molecule has 4 nitrogen and oxygen atoms in total. The van der Waals surface area contributed by atoms with Crippen molar-refractivity contribution in [3.63, 3.8) is 0 Å². The van der Waals surface area contributed by atoms with Crippen LogP contribution in [-0.2, 0) is 13.6 Å². The minimum atomic E-state index is -3.38. The van der Waals surface area contributed by atoms with E-state index in [1.807, 2.05) is 12.2 Å². The Labute approximate surface area is 101 Å². The molecule has 0 radical (unpaired) electrons. The smallest absolute Gasteiger partial charge is 0.307 e. The van der Waals surface area contributed by atoms with Gasteiger partial charge < -0.3 is 9.05 Å². The van der Waals surface area contributed by atoms with Gasteiger partial charge >= 0.3 is 7.60 Å². The summed E-state index contributed by atoms with van der Waals surface area (Å²) in [4.78, 5) is 0.